The Hall–Kier alpha value is -0.120. The molecule has 0 aromatic heterocycles. The van der Waals surface area contributed by atoms with Crippen molar-refractivity contribution in [1.82, 2.24) is 5.32 Å². The highest BCUT2D eigenvalue weighted by molar-refractivity contribution is 4.90. The minimum Gasteiger partial charge on any atom is -0.379 e. The lowest BCUT2D eigenvalue weighted by molar-refractivity contribution is 0.176. The minimum absolute atomic E-state index is 0.108. The van der Waals surface area contributed by atoms with Crippen molar-refractivity contribution in [3.8, 4) is 0 Å². The minimum atomic E-state index is -0.108. The van der Waals surface area contributed by atoms with Gasteiger partial charge in [-0.3, -0.25) is 0 Å². The molecule has 0 amide bonds. The van der Waals surface area contributed by atoms with Crippen LogP contribution in [0.15, 0.2) is 0 Å². The van der Waals surface area contributed by atoms with E-state index in [4.69, 9.17) is 10.5 Å². The molecule has 3 nitrogen and oxygen atoms in total. The molecule has 1 aliphatic heterocycles. The lowest BCUT2D eigenvalue weighted by atomic mass is 10.00. The van der Waals surface area contributed by atoms with Gasteiger partial charge in [0.15, 0.2) is 0 Å². The first-order chi connectivity index (χ1) is 5.66. The molecule has 2 atom stereocenters. The summed E-state index contributed by atoms with van der Waals surface area (Å²) in [5, 5.41) is 3.41. The van der Waals surface area contributed by atoms with E-state index in [-0.39, 0.29) is 5.54 Å². The van der Waals surface area contributed by atoms with Crippen LogP contribution in [-0.2, 0) is 4.74 Å². The second-order valence-corrected chi connectivity index (χ2v) is 3.86. The van der Waals surface area contributed by atoms with Crippen molar-refractivity contribution in [1.29, 1.82) is 0 Å². The van der Waals surface area contributed by atoms with Crippen molar-refractivity contribution in [2.45, 2.75) is 38.3 Å². The van der Waals surface area contributed by atoms with E-state index in [0.29, 0.717) is 12.6 Å². The second kappa shape index (κ2) is 4.21. The lowest BCUT2D eigenvalue weighted by Crippen LogP contribution is -2.51. The van der Waals surface area contributed by atoms with E-state index in [9.17, 15) is 0 Å². The van der Waals surface area contributed by atoms with Gasteiger partial charge in [0, 0.05) is 19.2 Å². The van der Waals surface area contributed by atoms with Crippen LogP contribution in [0.3, 0.4) is 0 Å². The summed E-state index contributed by atoms with van der Waals surface area (Å²) in [4.78, 5) is 0. The van der Waals surface area contributed by atoms with Gasteiger partial charge < -0.3 is 15.8 Å². The average Bonchev–Trinajstić information content (AvgIpc) is 2.49. The molecular weight excluding hydrogens is 152 g/mol. The van der Waals surface area contributed by atoms with Crippen molar-refractivity contribution in [3.05, 3.63) is 0 Å². The van der Waals surface area contributed by atoms with Gasteiger partial charge in [-0.25, -0.2) is 0 Å². The molecule has 0 bridgehead atoms. The summed E-state index contributed by atoms with van der Waals surface area (Å²) in [5.41, 5.74) is 5.97. The molecule has 0 spiro atoms. The average molecular weight is 172 g/mol. The normalized spacial score (nSPS) is 32.2. The largest absolute Gasteiger partial charge is 0.379 e. The Labute approximate surface area is 74.7 Å². The molecule has 0 radical (unpaired) electrons. The number of rotatable bonds is 4. The Morgan fingerprint density at radius 3 is 2.92 bits per heavy atom. The zero-order chi connectivity index (χ0) is 9.03. The molecule has 1 saturated heterocycles. The third kappa shape index (κ3) is 2.73. The molecule has 12 heavy (non-hydrogen) atoms. The highest BCUT2D eigenvalue weighted by Crippen LogP contribution is 2.14. The molecule has 1 aliphatic rings. The van der Waals surface area contributed by atoms with E-state index in [0.717, 1.165) is 26.0 Å². The van der Waals surface area contributed by atoms with Gasteiger partial charge in [-0.15, -0.1) is 0 Å². The topological polar surface area (TPSA) is 47.3 Å². The predicted molar refractivity (Wildman–Crippen MR) is 50.1 cm³/mol. The summed E-state index contributed by atoms with van der Waals surface area (Å²) < 4.78 is 5.26. The smallest absolute Gasteiger partial charge is 0.0659 e. The Balaban J connectivity index is 2.21. The molecule has 1 heterocycles. The van der Waals surface area contributed by atoms with Crippen LogP contribution in [0, 0.1) is 0 Å². The summed E-state index contributed by atoms with van der Waals surface area (Å²) in [7, 11) is 0. The molecule has 0 aliphatic carbocycles. The SMILES string of the molecule is CCC(C)NCC1(N)CCOC1. The summed E-state index contributed by atoms with van der Waals surface area (Å²) in [6, 6.07) is 0.561. The first kappa shape index (κ1) is 9.96. The van der Waals surface area contributed by atoms with Crippen LogP contribution in [-0.4, -0.2) is 31.3 Å². The molecule has 1 rings (SSSR count). The summed E-state index contributed by atoms with van der Waals surface area (Å²) in [6.07, 6.45) is 2.13. The second-order valence-electron chi connectivity index (χ2n) is 3.86. The zero-order valence-electron chi connectivity index (χ0n) is 8.10. The van der Waals surface area contributed by atoms with Crippen molar-refractivity contribution < 1.29 is 4.74 Å². The first-order valence-corrected chi connectivity index (χ1v) is 4.76. The first-order valence-electron chi connectivity index (χ1n) is 4.76. The Morgan fingerprint density at radius 2 is 2.42 bits per heavy atom. The molecular formula is C9H20N2O. The van der Waals surface area contributed by atoms with Crippen LogP contribution in [0.25, 0.3) is 0 Å². The van der Waals surface area contributed by atoms with Crippen LogP contribution < -0.4 is 11.1 Å². The van der Waals surface area contributed by atoms with Crippen molar-refractivity contribution in [2.75, 3.05) is 19.8 Å². The van der Waals surface area contributed by atoms with Gasteiger partial charge in [-0.05, 0) is 19.8 Å². The van der Waals surface area contributed by atoms with Gasteiger partial charge in [0.05, 0.1) is 12.1 Å². The number of nitrogens with two attached hydrogens (primary N) is 1. The molecule has 0 aromatic carbocycles. The summed E-state index contributed by atoms with van der Waals surface area (Å²) in [6.45, 7) is 6.75. The maximum atomic E-state index is 6.07. The Morgan fingerprint density at radius 1 is 1.67 bits per heavy atom. The highest BCUT2D eigenvalue weighted by Gasteiger charge is 2.29. The maximum absolute atomic E-state index is 6.07. The van der Waals surface area contributed by atoms with Crippen molar-refractivity contribution in [3.63, 3.8) is 0 Å². The fourth-order valence-corrected chi connectivity index (χ4v) is 1.28. The van der Waals surface area contributed by atoms with Gasteiger partial charge in [-0.1, -0.05) is 6.92 Å². The predicted octanol–water partition coefficient (Wildman–Crippen LogP) is 0.492. The summed E-state index contributed by atoms with van der Waals surface area (Å²) >= 11 is 0. The van der Waals surface area contributed by atoms with Crippen molar-refractivity contribution >= 4 is 0 Å². The summed E-state index contributed by atoms with van der Waals surface area (Å²) in [5.74, 6) is 0. The van der Waals surface area contributed by atoms with Gasteiger partial charge in [0.25, 0.3) is 0 Å². The molecule has 0 saturated carbocycles. The Bertz CT molecular complexity index is 132. The van der Waals surface area contributed by atoms with Crippen LogP contribution in [0.5, 0.6) is 0 Å². The lowest BCUT2D eigenvalue weighted by Gasteiger charge is -2.24. The molecule has 1 fully saturated rings. The zero-order valence-corrected chi connectivity index (χ0v) is 8.10. The van der Waals surface area contributed by atoms with Crippen LogP contribution in [0.1, 0.15) is 26.7 Å². The number of hydrogen-bond acceptors (Lipinski definition) is 3. The van der Waals surface area contributed by atoms with E-state index in [1.807, 2.05) is 0 Å². The van der Waals surface area contributed by atoms with Crippen LogP contribution in [0.4, 0.5) is 0 Å². The number of ether oxygens (including phenoxy) is 1. The molecule has 72 valence electrons. The van der Waals surface area contributed by atoms with E-state index in [2.05, 4.69) is 19.2 Å². The quantitative estimate of drug-likeness (QED) is 0.649. The highest BCUT2D eigenvalue weighted by atomic mass is 16.5. The molecule has 3 heteroatoms. The third-order valence-corrected chi connectivity index (χ3v) is 2.55. The molecule has 2 unspecified atom stereocenters. The third-order valence-electron chi connectivity index (χ3n) is 2.55. The van der Waals surface area contributed by atoms with E-state index >= 15 is 0 Å². The van der Waals surface area contributed by atoms with Gasteiger partial charge in [0.2, 0.25) is 0 Å². The Kier molecular flexibility index (Phi) is 3.50. The standard InChI is InChI=1S/C9H20N2O/c1-3-8(2)11-6-9(10)4-5-12-7-9/h8,11H,3-7,10H2,1-2H3. The van der Waals surface area contributed by atoms with Crippen LogP contribution >= 0.6 is 0 Å². The molecule has 0 aromatic rings. The van der Waals surface area contributed by atoms with E-state index < -0.39 is 0 Å². The van der Waals surface area contributed by atoms with Gasteiger partial charge in [-0.2, -0.15) is 0 Å². The van der Waals surface area contributed by atoms with E-state index in [1.165, 1.54) is 0 Å². The van der Waals surface area contributed by atoms with Crippen molar-refractivity contribution in [2.24, 2.45) is 5.73 Å². The van der Waals surface area contributed by atoms with Gasteiger partial charge in [0.1, 0.15) is 0 Å². The monoisotopic (exact) mass is 172 g/mol. The van der Waals surface area contributed by atoms with Crippen LogP contribution in [0.2, 0.25) is 0 Å². The van der Waals surface area contributed by atoms with E-state index in [1.54, 1.807) is 0 Å². The fraction of sp³-hybridized carbons (Fsp3) is 1.00. The molecule has 3 N–H and O–H groups in total. The number of nitrogens with one attached hydrogen (secondary N) is 1. The van der Waals surface area contributed by atoms with Gasteiger partial charge >= 0.3 is 0 Å². The number of hydrogen-bond donors (Lipinski definition) is 2. The maximum Gasteiger partial charge on any atom is 0.0659 e. The fourth-order valence-electron chi connectivity index (χ4n) is 1.28.